The first-order valence-corrected chi connectivity index (χ1v) is 7.33. The highest BCUT2D eigenvalue weighted by atomic mass is 79.9. The van der Waals surface area contributed by atoms with E-state index in [1.165, 1.54) is 5.56 Å². The summed E-state index contributed by atoms with van der Waals surface area (Å²) in [5, 5.41) is 3.41. The van der Waals surface area contributed by atoms with Crippen molar-refractivity contribution in [1.82, 2.24) is 9.88 Å². The molecule has 0 aliphatic carbocycles. The molecule has 0 unspecified atom stereocenters. The van der Waals surface area contributed by atoms with Gasteiger partial charge in [-0.3, -0.25) is 4.90 Å². The monoisotopic (exact) mass is 313 g/mol. The number of hydrogen-bond donors (Lipinski definition) is 1. The maximum atomic E-state index is 4.39. The van der Waals surface area contributed by atoms with Gasteiger partial charge in [-0.1, -0.05) is 0 Å². The van der Waals surface area contributed by atoms with Crippen molar-refractivity contribution >= 4 is 21.7 Å². The Bertz CT molecular complexity index is 369. The Labute approximate surface area is 119 Å². The first-order chi connectivity index (χ1) is 8.41. The van der Waals surface area contributed by atoms with Crippen molar-refractivity contribution in [2.24, 2.45) is 0 Å². The van der Waals surface area contributed by atoms with Crippen LogP contribution in [-0.2, 0) is 0 Å². The fourth-order valence-corrected chi connectivity index (χ4v) is 2.59. The highest BCUT2D eigenvalue weighted by molar-refractivity contribution is 9.10. The molecular formula is C14H24BrN3. The van der Waals surface area contributed by atoms with Gasteiger partial charge in [-0.15, -0.1) is 0 Å². The summed E-state index contributed by atoms with van der Waals surface area (Å²) in [6.07, 6.45) is 1.83. The van der Waals surface area contributed by atoms with Crippen LogP contribution in [0.2, 0.25) is 0 Å². The summed E-state index contributed by atoms with van der Waals surface area (Å²) in [6, 6.07) is 3.23. The summed E-state index contributed by atoms with van der Waals surface area (Å²) in [4.78, 5) is 6.86. The van der Waals surface area contributed by atoms with E-state index in [1.54, 1.807) is 0 Å². The second-order valence-electron chi connectivity index (χ2n) is 5.17. The maximum Gasteiger partial charge on any atom is 0.128 e. The fraction of sp³-hybridized carbons (Fsp3) is 0.643. The Kier molecular flexibility index (Phi) is 6.09. The molecule has 0 saturated carbocycles. The molecule has 0 fully saturated rings. The molecule has 0 saturated heterocycles. The lowest BCUT2D eigenvalue weighted by atomic mass is 10.2. The predicted molar refractivity (Wildman–Crippen MR) is 82.1 cm³/mol. The van der Waals surface area contributed by atoms with E-state index < -0.39 is 0 Å². The molecule has 0 atom stereocenters. The van der Waals surface area contributed by atoms with Gasteiger partial charge in [0.25, 0.3) is 0 Å². The number of aryl methyl sites for hydroxylation is 1. The van der Waals surface area contributed by atoms with Gasteiger partial charge in [-0.25, -0.2) is 4.98 Å². The van der Waals surface area contributed by atoms with Crippen molar-refractivity contribution in [3.05, 3.63) is 22.3 Å². The number of rotatable bonds is 6. The Morgan fingerprint density at radius 3 is 2.39 bits per heavy atom. The number of nitrogens with zero attached hydrogens (tertiary/aromatic N) is 2. The number of halogens is 1. The van der Waals surface area contributed by atoms with Crippen molar-refractivity contribution in [3.63, 3.8) is 0 Å². The van der Waals surface area contributed by atoms with Crippen molar-refractivity contribution in [2.75, 3.05) is 18.4 Å². The minimum absolute atomic E-state index is 0.575. The average molecular weight is 314 g/mol. The van der Waals surface area contributed by atoms with E-state index in [9.17, 15) is 0 Å². The quantitative estimate of drug-likeness (QED) is 0.868. The van der Waals surface area contributed by atoms with Crippen LogP contribution in [0.4, 0.5) is 5.82 Å². The predicted octanol–water partition coefficient (Wildman–Crippen LogP) is 3.68. The number of pyridine rings is 1. The molecule has 0 radical (unpaired) electrons. The number of anilines is 1. The number of hydrogen-bond acceptors (Lipinski definition) is 3. The van der Waals surface area contributed by atoms with Crippen LogP contribution in [0.5, 0.6) is 0 Å². The zero-order chi connectivity index (χ0) is 13.7. The summed E-state index contributed by atoms with van der Waals surface area (Å²) < 4.78 is 1.02. The van der Waals surface area contributed by atoms with Crippen LogP contribution in [0.25, 0.3) is 0 Å². The summed E-state index contributed by atoms with van der Waals surface area (Å²) in [6.45, 7) is 13.0. The van der Waals surface area contributed by atoms with E-state index in [0.29, 0.717) is 12.1 Å². The Hall–Kier alpha value is -0.610. The molecule has 1 heterocycles. The molecule has 0 aromatic carbocycles. The summed E-state index contributed by atoms with van der Waals surface area (Å²) >= 11 is 3.43. The van der Waals surface area contributed by atoms with Gasteiger partial charge in [0.15, 0.2) is 0 Å². The molecule has 3 nitrogen and oxygen atoms in total. The molecule has 1 N–H and O–H groups in total. The highest BCUT2D eigenvalue weighted by Crippen LogP contribution is 2.16. The first-order valence-electron chi connectivity index (χ1n) is 6.53. The van der Waals surface area contributed by atoms with Gasteiger partial charge in [-0.2, -0.15) is 0 Å². The van der Waals surface area contributed by atoms with Crippen molar-refractivity contribution in [1.29, 1.82) is 0 Å². The molecular weight excluding hydrogens is 290 g/mol. The molecule has 0 spiro atoms. The zero-order valence-corrected chi connectivity index (χ0v) is 13.6. The van der Waals surface area contributed by atoms with Crippen LogP contribution < -0.4 is 5.32 Å². The standard InChI is InChI=1S/C14H24BrN3/c1-10(2)18(11(3)4)7-6-16-14-12(5)8-13(15)9-17-14/h8-11H,6-7H2,1-5H3,(H,16,17). The topological polar surface area (TPSA) is 28.2 Å². The normalized spacial score (nSPS) is 11.6. The third kappa shape index (κ3) is 4.58. The SMILES string of the molecule is Cc1cc(Br)cnc1NCCN(C(C)C)C(C)C. The molecule has 1 aromatic heterocycles. The Morgan fingerprint density at radius 1 is 1.28 bits per heavy atom. The van der Waals surface area contributed by atoms with E-state index in [2.05, 4.69) is 71.8 Å². The molecule has 102 valence electrons. The minimum Gasteiger partial charge on any atom is -0.369 e. The number of nitrogens with one attached hydrogen (secondary N) is 1. The molecule has 0 aliphatic heterocycles. The molecule has 1 rings (SSSR count). The highest BCUT2D eigenvalue weighted by Gasteiger charge is 2.12. The van der Waals surface area contributed by atoms with Crippen LogP contribution in [0.15, 0.2) is 16.7 Å². The average Bonchev–Trinajstić information content (AvgIpc) is 2.25. The van der Waals surface area contributed by atoms with Gasteiger partial charge in [0.05, 0.1) is 0 Å². The second kappa shape index (κ2) is 7.10. The smallest absolute Gasteiger partial charge is 0.128 e. The summed E-state index contributed by atoms with van der Waals surface area (Å²) in [5.74, 6) is 0.977. The van der Waals surface area contributed by atoms with Gasteiger partial charge < -0.3 is 5.32 Å². The second-order valence-corrected chi connectivity index (χ2v) is 6.09. The molecule has 0 amide bonds. The van der Waals surface area contributed by atoms with Crippen LogP contribution >= 0.6 is 15.9 Å². The minimum atomic E-state index is 0.575. The Balaban J connectivity index is 2.50. The summed E-state index contributed by atoms with van der Waals surface area (Å²) in [5.41, 5.74) is 1.17. The van der Waals surface area contributed by atoms with Gasteiger partial charge in [0.2, 0.25) is 0 Å². The van der Waals surface area contributed by atoms with E-state index >= 15 is 0 Å². The van der Waals surface area contributed by atoms with Gasteiger partial charge in [0.1, 0.15) is 5.82 Å². The largest absolute Gasteiger partial charge is 0.369 e. The lowest BCUT2D eigenvalue weighted by Gasteiger charge is -2.30. The van der Waals surface area contributed by atoms with Crippen LogP contribution in [0.1, 0.15) is 33.3 Å². The van der Waals surface area contributed by atoms with Crippen molar-refractivity contribution in [3.8, 4) is 0 Å². The summed E-state index contributed by atoms with van der Waals surface area (Å²) in [7, 11) is 0. The molecule has 18 heavy (non-hydrogen) atoms. The maximum absolute atomic E-state index is 4.39. The van der Waals surface area contributed by atoms with Crippen LogP contribution in [0, 0.1) is 6.92 Å². The molecule has 1 aromatic rings. The van der Waals surface area contributed by atoms with Crippen LogP contribution in [-0.4, -0.2) is 35.1 Å². The zero-order valence-electron chi connectivity index (χ0n) is 12.0. The lowest BCUT2D eigenvalue weighted by Crippen LogP contribution is -2.40. The van der Waals surface area contributed by atoms with E-state index in [0.717, 1.165) is 23.4 Å². The van der Waals surface area contributed by atoms with Gasteiger partial charge in [-0.05, 0) is 62.2 Å². The molecule has 4 heteroatoms. The first kappa shape index (κ1) is 15.4. The van der Waals surface area contributed by atoms with Crippen LogP contribution in [0.3, 0.4) is 0 Å². The van der Waals surface area contributed by atoms with Crippen molar-refractivity contribution in [2.45, 2.75) is 46.7 Å². The fourth-order valence-electron chi connectivity index (χ4n) is 2.14. The van der Waals surface area contributed by atoms with Gasteiger partial charge >= 0.3 is 0 Å². The third-order valence-corrected chi connectivity index (χ3v) is 3.47. The Morgan fingerprint density at radius 2 is 1.89 bits per heavy atom. The lowest BCUT2D eigenvalue weighted by molar-refractivity contribution is 0.182. The van der Waals surface area contributed by atoms with E-state index in [4.69, 9.17) is 0 Å². The molecule has 0 aliphatic rings. The van der Waals surface area contributed by atoms with E-state index in [1.807, 2.05) is 6.20 Å². The van der Waals surface area contributed by atoms with E-state index in [-0.39, 0.29) is 0 Å². The molecule has 0 bridgehead atoms. The van der Waals surface area contributed by atoms with Crippen molar-refractivity contribution < 1.29 is 0 Å². The third-order valence-electron chi connectivity index (χ3n) is 3.03. The number of aromatic nitrogens is 1. The van der Waals surface area contributed by atoms with Gasteiger partial charge in [0, 0.05) is 35.8 Å².